The molecule has 0 saturated carbocycles. The number of ether oxygens (including phenoxy) is 5. The van der Waals surface area contributed by atoms with Crippen molar-refractivity contribution in [1.82, 2.24) is 19.9 Å². The Hall–Kier alpha value is -17.9. The molecular formula is C123H101BrClN11O13. The van der Waals surface area contributed by atoms with E-state index < -0.39 is 12.0 Å². The molecule has 740 valence electrons. The molecule has 1 saturated heterocycles. The van der Waals surface area contributed by atoms with E-state index in [4.69, 9.17) is 55.0 Å². The quantitative estimate of drug-likeness (QED) is 0.0211. The molecule has 12 aromatic carbocycles. The van der Waals surface area contributed by atoms with Gasteiger partial charge in [-0.25, -0.2) is 14.5 Å². The number of carboxylic acid groups (broad SMARTS) is 1. The Morgan fingerprint density at radius 1 is 0.383 bits per heavy atom. The molecule has 15 aromatic rings. The number of phenolic OH excluding ortho intramolecular Hbond substituents is 3. The number of carbonyl (C=O) groups is 4. The van der Waals surface area contributed by atoms with Gasteiger partial charge in [0.2, 0.25) is 17.1 Å². The maximum atomic E-state index is 12.1. The lowest BCUT2D eigenvalue weighted by Gasteiger charge is -2.34. The largest absolute Gasteiger partial charge is 0.508 e. The number of benzene rings is 12. The Morgan fingerprint density at radius 2 is 0.725 bits per heavy atom. The standard InChI is InChI=1S/C37H34N4O4.C31H23N3O3.C24H19NO3.C14H10BrN.C10H10O3.C7H5ClN2/c1-39-28-17-25(20-40-21-28)23-44-36-18-35(45-24-27-11-7-12-29(32(27)19-38)26-9-3-2-4-10-26)31-14-8-13-30(31)33(36)22-41-16-6-5-15-34(41)37(42)43;1-33-24-13-21(16-34-17-24)19-36-31-14-30(27-12-6-11-26(27)29(31)18-35)37-20-23-9-5-10-25(28(23)15-32)22-7-3-2-4-8-22;25-13-21-17(8-4-9-18(21)16-6-2-1-3-7-16)15-28-24-12-23(27)22(14-26)19-10-5-11-20(19)24;15-9-12-7-4-8-13(14(12)10-16)11-5-2-1-3-6-11;11-5-8-6-2-1-3-7(6)9(12)4-10(8)13;1-9-7-2-6(3-8)4-10-5-7/h2-4,7,9-12,17-18,20-21,34H,5-6,8,13-16,22-24H2,(H,42,43);2-5,7-10,13-14,16-18H,6,11-12,19-20H2;1-4,6-9,12,14,27H,5,10-11,15H2;1-8H,9H2;4-5,12-13H,1-3H2;2,4-5H,3H2/t34-;;;;;/m0...../s1. The number of aromatic hydroxyl groups is 3. The smallest absolute Gasteiger partial charge is 0.320 e. The molecule has 0 bridgehead atoms. The molecular weight excluding hydrogens is 1950 g/mol. The van der Waals surface area contributed by atoms with Crippen molar-refractivity contribution >= 4 is 69.4 Å². The van der Waals surface area contributed by atoms with Crippen molar-refractivity contribution in [2.75, 3.05) is 6.54 Å². The number of fused-ring (bicyclic) bond motifs is 4. The fourth-order valence-corrected chi connectivity index (χ4v) is 20.0. The number of nitrogens with zero attached hydrogens (tertiary/aromatic N) is 11. The van der Waals surface area contributed by atoms with E-state index in [0.717, 1.165) is 248 Å². The number of pyridine rings is 3. The molecule has 1 atom stereocenters. The van der Waals surface area contributed by atoms with Crippen LogP contribution in [0.3, 0.4) is 0 Å². The monoisotopic (exact) mass is 2050 g/mol. The molecule has 3 aromatic heterocycles. The van der Waals surface area contributed by atoms with Gasteiger partial charge in [0.05, 0.1) is 58.7 Å². The molecule has 20 rings (SSSR count). The fraction of sp³-hybridized carbons (Fsp3) is 0.203. The number of carbonyl (C=O) groups excluding carboxylic acids is 3. The molecule has 4 aliphatic carbocycles. The van der Waals surface area contributed by atoms with Crippen LogP contribution in [0.4, 0.5) is 17.1 Å². The first-order chi connectivity index (χ1) is 72.9. The molecule has 149 heavy (non-hydrogen) atoms. The molecule has 0 amide bonds. The Kier molecular flexibility index (Phi) is 36.8. The SMILES string of the molecule is N#Cc1c(CBr)cccc1-c1ccccc1.N#Cc1c(COc2cc(O)c(C=O)c3c2CCC3)cccc1-c1ccccc1.O=Cc1c(O)cc(O)c2c1CCC2.[C-]#[N+]c1cncc(CCl)c1.[C-]#[N+]c1cncc(COc2cc(OCc3cccc(-c4ccccc4)c3C#N)c3c(c2C=O)CCC3)c1.[C-]#[N+]c1cncc(COc2cc(OCc3cccc(-c4ccccc4)c3C#N)c3c(c2CN2CCCC[C@H]2C(=O)O)CCC3)c1. The number of rotatable bonds is 27. The van der Waals surface area contributed by atoms with Crippen molar-refractivity contribution in [3.05, 3.63) is 436 Å². The van der Waals surface area contributed by atoms with Crippen LogP contribution in [-0.4, -0.2) is 77.7 Å². The Balaban J connectivity index is 0.000000143. The van der Waals surface area contributed by atoms with Crippen LogP contribution in [0.15, 0.2) is 274 Å². The number of hydrogen-bond acceptors (Lipinski definition) is 20. The summed E-state index contributed by atoms with van der Waals surface area (Å²) in [4.78, 5) is 70.4. The summed E-state index contributed by atoms with van der Waals surface area (Å²) in [5, 5.41) is 78.7. The summed E-state index contributed by atoms with van der Waals surface area (Å²) < 4.78 is 31.3. The van der Waals surface area contributed by atoms with Gasteiger partial charge in [-0.05, 0) is 226 Å². The first-order valence-electron chi connectivity index (χ1n) is 48.6. The van der Waals surface area contributed by atoms with Crippen molar-refractivity contribution in [3.8, 4) is 115 Å². The summed E-state index contributed by atoms with van der Waals surface area (Å²) in [6.45, 7) is 23.4. The number of piperidine rings is 1. The molecule has 0 radical (unpaired) electrons. The van der Waals surface area contributed by atoms with Crippen LogP contribution >= 0.6 is 27.5 Å². The predicted octanol–water partition coefficient (Wildman–Crippen LogP) is 26.6. The highest BCUT2D eigenvalue weighted by Crippen LogP contribution is 2.46. The normalized spacial score (nSPS) is 12.9. The van der Waals surface area contributed by atoms with Crippen LogP contribution in [-0.2, 0) is 107 Å². The number of aldehydes is 3. The zero-order valence-corrected chi connectivity index (χ0v) is 83.7. The first-order valence-corrected chi connectivity index (χ1v) is 50.2. The molecule has 1 aliphatic heterocycles. The number of halogens is 2. The average molecular weight is 2060 g/mol. The highest BCUT2D eigenvalue weighted by molar-refractivity contribution is 9.08. The molecule has 1 fully saturated rings. The summed E-state index contributed by atoms with van der Waals surface area (Å²) in [5.74, 6) is 2.62. The Bertz CT molecular complexity index is 7760. The lowest BCUT2D eigenvalue weighted by molar-refractivity contribution is -0.144. The summed E-state index contributed by atoms with van der Waals surface area (Å²) in [7, 11) is 0. The minimum Gasteiger partial charge on any atom is -0.508 e. The maximum Gasteiger partial charge on any atom is 0.320 e. The summed E-state index contributed by atoms with van der Waals surface area (Å²) in [6.07, 6.45) is 24.4. The number of likely N-dealkylation sites (tertiary alicyclic amines) is 1. The van der Waals surface area contributed by atoms with Gasteiger partial charge in [-0.15, -0.1) is 11.6 Å². The van der Waals surface area contributed by atoms with E-state index in [1.54, 1.807) is 42.9 Å². The van der Waals surface area contributed by atoms with Crippen LogP contribution in [0.1, 0.15) is 187 Å². The van der Waals surface area contributed by atoms with E-state index in [1.165, 1.54) is 30.7 Å². The topological polar surface area (TPSA) is 346 Å². The van der Waals surface area contributed by atoms with Crippen LogP contribution in [0.2, 0.25) is 0 Å². The number of nitriles is 4. The maximum absolute atomic E-state index is 12.1. The second-order valence-corrected chi connectivity index (χ2v) is 36.5. The second-order valence-electron chi connectivity index (χ2n) is 35.7. The Labute approximate surface area is 878 Å². The molecule has 0 spiro atoms. The minimum absolute atomic E-state index is 0.0517. The summed E-state index contributed by atoms with van der Waals surface area (Å²) in [6, 6.07) is 83.2. The van der Waals surface area contributed by atoms with Crippen LogP contribution < -0.4 is 23.7 Å². The van der Waals surface area contributed by atoms with E-state index in [1.807, 2.05) is 200 Å². The zero-order valence-electron chi connectivity index (χ0n) is 81.4. The molecule has 24 nitrogen and oxygen atoms in total. The number of aliphatic carboxylic acids is 1. The van der Waals surface area contributed by atoms with E-state index in [-0.39, 0.29) is 50.3 Å². The molecule has 0 unspecified atom stereocenters. The third-order valence-electron chi connectivity index (χ3n) is 26.6. The van der Waals surface area contributed by atoms with E-state index in [2.05, 4.69) is 74.6 Å². The average Bonchev–Trinajstić information content (AvgIpc) is 1.69. The minimum atomic E-state index is -0.790. The van der Waals surface area contributed by atoms with Gasteiger partial charge < -0.3 is 44.1 Å². The number of alkyl halides is 2. The highest BCUT2D eigenvalue weighted by atomic mass is 79.9. The van der Waals surface area contributed by atoms with Gasteiger partial charge in [0.25, 0.3) is 0 Å². The lowest BCUT2D eigenvalue weighted by Crippen LogP contribution is -2.44. The number of hydrogen-bond donors (Lipinski definition) is 4. The van der Waals surface area contributed by atoms with Gasteiger partial charge in [0.1, 0.15) is 109 Å². The Morgan fingerprint density at radius 3 is 1.13 bits per heavy atom. The van der Waals surface area contributed by atoms with Crippen LogP contribution in [0.5, 0.6) is 46.0 Å². The first kappa shape index (κ1) is 105. The van der Waals surface area contributed by atoms with Gasteiger partial charge in [-0.3, -0.25) is 39.0 Å². The molecule has 4 N–H and O–H groups in total. The molecule has 5 aliphatic rings. The molecule has 4 heterocycles. The fourth-order valence-electron chi connectivity index (χ4n) is 19.4. The van der Waals surface area contributed by atoms with Gasteiger partial charge in [-0.2, -0.15) is 21.0 Å². The van der Waals surface area contributed by atoms with Crippen molar-refractivity contribution in [2.45, 2.75) is 153 Å². The molecule has 26 heteroatoms. The van der Waals surface area contributed by atoms with Crippen molar-refractivity contribution in [2.24, 2.45) is 0 Å². The van der Waals surface area contributed by atoms with Gasteiger partial charge in [0.15, 0.2) is 18.9 Å². The van der Waals surface area contributed by atoms with Gasteiger partial charge in [-0.1, -0.05) is 216 Å². The van der Waals surface area contributed by atoms with Crippen LogP contribution in [0, 0.1) is 65.0 Å². The summed E-state index contributed by atoms with van der Waals surface area (Å²) in [5.41, 5.74) is 27.3. The van der Waals surface area contributed by atoms with Gasteiger partial charge in [0, 0.05) is 101 Å². The second kappa shape index (κ2) is 52.1. The third-order valence-corrected chi connectivity index (χ3v) is 27.5. The lowest BCUT2D eigenvalue weighted by atomic mass is 9.96. The predicted molar refractivity (Wildman–Crippen MR) is 572 cm³/mol. The number of phenols is 3. The van der Waals surface area contributed by atoms with Crippen LogP contribution in [0.25, 0.3) is 59.0 Å². The zero-order chi connectivity index (χ0) is 104. The van der Waals surface area contributed by atoms with E-state index in [9.17, 15) is 60.7 Å². The van der Waals surface area contributed by atoms with Crippen molar-refractivity contribution in [1.29, 1.82) is 21.0 Å². The number of aromatic nitrogens is 3. The van der Waals surface area contributed by atoms with E-state index in [0.29, 0.717) is 110 Å². The highest BCUT2D eigenvalue weighted by Gasteiger charge is 2.34. The van der Waals surface area contributed by atoms with Gasteiger partial charge >= 0.3 is 5.97 Å². The summed E-state index contributed by atoms with van der Waals surface area (Å²) >= 11 is 8.92. The third kappa shape index (κ3) is 25.7. The van der Waals surface area contributed by atoms with Crippen molar-refractivity contribution in [3.63, 3.8) is 0 Å². The number of carboxylic acids is 1. The van der Waals surface area contributed by atoms with Crippen molar-refractivity contribution < 1.29 is 63.3 Å². The van der Waals surface area contributed by atoms with E-state index >= 15 is 0 Å².